The molecule has 5 nitrogen and oxygen atoms in total. The number of nitrogens with one attached hydrogen (secondary N) is 2. The van der Waals surface area contributed by atoms with Gasteiger partial charge in [-0.3, -0.25) is 0 Å². The highest BCUT2D eigenvalue weighted by atomic mass is 32.2. The Bertz CT molecular complexity index is 804. The third kappa shape index (κ3) is 3.27. The second kappa shape index (κ2) is 7.21. The van der Waals surface area contributed by atoms with E-state index >= 15 is 0 Å². The highest BCUT2D eigenvalue weighted by molar-refractivity contribution is 7.90. The zero-order valence-corrected chi connectivity index (χ0v) is 15.6. The number of methoxy groups -OCH3 is 1. The van der Waals surface area contributed by atoms with Crippen molar-refractivity contribution in [2.45, 2.75) is 43.4 Å². The number of hydrogen-bond acceptors (Lipinski definition) is 3. The van der Waals surface area contributed by atoms with Crippen LogP contribution in [0, 0.1) is 0 Å². The molecule has 0 spiro atoms. The lowest BCUT2D eigenvalue weighted by Gasteiger charge is -2.17. The summed E-state index contributed by atoms with van der Waals surface area (Å²) >= 11 is -1.61. The SMILES string of the molecule is COc1ccc([S+]([O-])NC(=O)Nc2c3c(cc4c2CCC4)CCC3)cc1. The zero-order valence-electron chi connectivity index (χ0n) is 14.8. The number of benzene rings is 2. The van der Waals surface area contributed by atoms with Crippen molar-refractivity contribution in [1.82, 2.24) is 4.72 Å². The van der Waals surface area contributed by atoms with Gasteiger partial charge in [-0.1, -0.05) is 6.07 Å². The molecule has 2 N–H and O–H groups in total. The topological polar surface area (TPSA) is 73.4 Å². The molecule has 0 aliphatic heterocycles. The fourth-order valence-corrected chi connectivity index (χ4v) is 4.67. The number of hydrogen-bond donors (Lipinski definition) is 2. The second-order valence-corrected chi connectivity index (χ2v) is 7.95. The maximum Gasteiger partial charge on any atom is 0.361 e. The molecule has 2 aromatic rings. The van der Waals surface area contributed by atoms with Crippen LogP contribution in [0.3, 0.4) is 0 Å². The number of carbonyl (C=O) groups is 1. The van der Waals surface area contributed by atoms with E-state index in [1.807, 2.05) is 0 Å². The molecule has 2 aromatic carbocycles. The molecule has 6 heteroatoms. The van der Waals surface area contributed by atoms with Gasteiger partial charge in [0.15, 0.2) is 4.90 Å². The summed E-state index contributed by atoms with van der Waals surface area (Å²) in [6.07, 6.45) is 6.42. The number of amides is 2. The van der Waals surface area contributed by atoms with Crippen LogP contribution in [0.5, 0.6) is 5.75 Å². The van der Waals surface area contributed by atoms with E-state index in [4.69, 9.17) is 4.74 Å². The fraction of sp³-hybridized carbons (Fsp3) is 0.350. The van der Waals surface area contributed by atoms with Gasteiger partial charge in [-0.15, -0.1) is 4.72 Å². The summed E-state index contributed by atoms with van der Waals surface area (Å²) < 4.78 is 20.1. The molecule has 0 radical (unpaired) electrons. The van der Waals surface area contributed by atoms with Crippen LogP contribution in [-0.4, -0.2) is 17.7 Å². The highest BCUT2D eigenvalue weighted by Crippen LogP contribution is 2.38. The van der Waals surface area contributed by atoms with Gasteiger partial charge >= 0.3 is 6.03 Å². The summed E-state index contributed by atoms with van der Waals surface area (Å²) in [6, 6.07) is 8.73. The van der Waals surface area contributed by atoms with E-state index in [2.05, 4.69) is 16.1 Å². The molecule has 0 aromatic heterocycles. The van der Waals surface area contributed by atoms with Crippen molar-refractivity contribution in [2.24, 2.45) is 0 Å². The van der Waals surface area contributed by atoms with Gasteiger partial charge in [-0.25, -0.2) is 4.79 Å². The van der Waals surface area contributed by atoms with E-state index in [0.717, 1.165) is 44.2 Å². The van der Waals surface area contributed by atoms with Crippen molar-refractivity contribution in [3.63, 3.8) is 0 Å². The monoisotopic (exact) mass is 370 g/mol. The average Bonchev–Trinajstić information content (AvgIpc) is 3.30. The lowest BCUT2D eigenvalue weighted by molar-refractivity contribution is 0.256. The van der Waals surface area contributed by atoms with Crippen LogP contribution < -0.4 is 14.8 Å². The Labute approximate surface area is 156 Å². The predicted molar refractivity (Wildman–Crippen MR) is 102 cm³/mol. The van der Waals surface area contributed by atoms with Crippen molar-refractivity contribution in [1.29, 1.82) is 0 Å². The standard InChI is InChI=1S/C20H22N2O3S/c1-25-15-8-10-16(11-9-15)26(24)22-20(23)21-19-17-6-2-4-13(17)12-14-5-3-7-18(14)19/h8-12H,2-7H2,1H3,(H2,21,22,23). The Morgan fingerprint density at radius 1 is 1.04 bits per heavy atom. The minimum atomic E-state index is -1.61. The molecule has 2 amide bonds. The molecule has 0 fully saturated rings. The van der Waals surface area contributed by atoms with Gasteiger partial charge in [0.25, 0.3) is 0 Å². The maximum absolute atomic E-state index is 12.5. The van der Waals surface area contributed by atoms with Gasteiger partial charge in [0.2, 0.25) is 0 Å². The normalized spacial score (nSPS) is 15.9. The van der Waals surface area contributed by atoms with Gasteiger partial charge in [-0.05, 0) is 85.0 Å². The van der Waals surface area contributed by atoms with Crippen LogP contribution in [0.4, 0.5) is 10.5 Å². The summed E-state index contributed by atoms with van der Waals surface area (Å²) in [5.74, 6) is 0.686. The van der Waals surface area contributed by atoms with Crippen molar-refractivity contribution in [3.05, 3.63) is 52.6 Å². The summed E-state index contributed by atoms with van der Waals surface area (Å²) in [6.45, 7) is 0. The molecular formula is C20H22N2O3S. The van der Waals surface area contributed by atoms with E-state index in [1.165, 1.54) is 22.3 Å². The van der Waals surface area contributed by atoms with Gasteiger partial charge < -0.3 is 14.6 Å². The summed E-state index contributed by atoms with van der Waals surface area (Å²) in [7, 11) is 1.58. The smallest absolute Gasteiger partial charge is 0.361 e. The molecule has 26 heavy (non-hydrogen) atoms. The lowest BCUT2D eigenvalue weighted by Crippen LogP contribution is -2.35. The fourth-order valence-electron chi connectivity index (χ4n) is 3.95. The maximum atomic E-state index is 12.5. The Kier molecular flexibility index (Phi) is 4.78. The number of aryl methyl sites for hydroxylation is 2. The number of urea groups is 1. The van der Waals surface area contributed by atoms with Gasteiger partial charge in [0, 0.05) is 5.69 Å². The average molecular weight is 370 g/mol. The number of ether oxygens (including phenoxy) is 1. The van der Waals surface area contributed by atoms with E-state index in [9.17, 15) is 9.35 Å². The van der Waals surface area contributed by atoms with Crippen molar-refractivity contribution >= 4 is 23.1 Å². The molecule has 4 rings (SSSR count). The third-order valence-corrected chi connectivity index (χ3v) is 6.24. The molecule has 1 atom stereocenters. The Hall–Kier alpha value is -2.18. The Morgan fingerprint density at radius 3 is 2.23 bits per heavy atom. The van der Waals surface area contributed by atoms with Crippen molar-refractivity contribution < 1.29 is 14.1 Å². The molecule has 0 heterocycles. The molecule has 2 aliphatic rings. The van der Waals surface area contributed by atoms with Crippen LogP contribution in [0.15, 0.2) is 35.2 Å². The summed E-state index contributed by atoms with van der Waals surface area (Å²) in [5, 5.41) is 3.00. The number of rotatable bonds is 4. The molecule has 1 unspecified atom stereocenters. The Balaban J connectivity index is 1.50. The van der Waals surface area contributed by atoms with E-state index in [1.54, 1.807) is 31.4 Å². The molecule has 136 valence electrons. The molecular weight excluding hydrogens is 348 g/mol. The highest BCUT2D eigenvalue weighted by Gasteiger charge is 2.26. The Morgan fingerprint density at radius 2 is 1.65 bits per heavy atom. The van der Waals surface area contributed by atoms with Crippen LogP contribution in [0.2, 0.25) is 0 Å². The largest absolute Gasteiger partial charge is 0.588 e. The lowest BCUT2D eigenvalue weighted by atomic mass is 9.99. The molecule has 2 aliphatic carbocycles. The van der Waals surface area contributed by atoms with Crippen LogP contribution >= 0.6 is 0 Å². The van der Waals surface area contributed by atoms with Crippen LogP contribution in [0.1, 0.15) is 35.1 Å². The first kappa shape index (κ1) is 17.2. The molecule has 0 saturated carbocycles. The third-order valence-electron chi connectivity index (χ3n) is 5.17. The predicted octanol–water partition coefficient (Wildman–Crippen LogP) is 3.52. The first-order valence-electron chi connectivity index (χ1n) is 8.95. The number of carbonyl (C=O) groups excluding carboxylic acids is 1. The van der Waals surface area contributed by atoms with E-state index in [0.29, 0.717) is 10.6 Å². The van der Waals surface area contributed by atoms with E-state index in [-0.39, 0.29) is 0 Å². The number of anilines is 1. The zero-order chi connectivity index (χ0) is 18.1. The molecule has 0 saturated heterocycles. The van der Waals surface area contributed by atoms with Gasteiger partial charge in [0.1, 0.15) is 17.1 Å². The quantitative estimate of drug-likeness (QED) is 0.809. The molecule has 0 bridgehead atoms. The minimum absolute atomic E-state index is 0.423. The van der Waals surface area contributed by atoms with Crippen LogP contribution in [0.25, 0.3) is 0 Å². The minimum Gasteiger partial charge on any atom is -0.588 e. The summed E-state index contributed by atoms with van der Waals surface area (Å²) in [5.41, 5.74) is 6.19. The van der Waals surface area contributed by atoms with E-state index < -0.39 is 17.4 Å². The number of fused-ring (bicyclic) bond motifs is 2. The first-order valence-corrected chi connectivity index (χ1v) is 10.1. The van der Waals surface area contributed by atoms with Gasteiger partial charge in [-0.2, -0.15) is 0 Å². The second-order valence-electron chi connectivity index (χ2n) is 6.73. The van der Waals surface area contributed by atoms with Crippen LogP contribution in [-0.2, 0) is 37.0 Å². The first-order chi connectivity index (χ1) is 12.7. The summed E-state index contributed by atoms with van der Waals surface area (Å²) in [4.78, 5) is 13.0. The van der Waals surface area contributed by atoms with Crippen molar-refractivity contribution in [2.75, 3.05) is 12.4 Å². The van der Waals surface area contributed by atoms with Crippen molar-refractivity contribution in [3.8, 4) is 5.75 Å². The van der Waals surface area contributed by atoms with Gasteiger partial charge in [0.05, 0.1) is 7.11 Å².